The molecule has 1 saturated heterocycles. The van der Waals surface area contributed by atoms with Gasteiger partial charge >= 0.3 is 0 Å². The van der Waals surface area contributed by atoms with Crippen molar-refractivity contribution >= 4 is 30.0 Å². The van der Waals surface area contributed by atoms with Gasteiger partial charge in [-0.25, -0.2) is 0 Å². The van der Waals surface area contributed by atoms with Gasteiger partial charge in [0.05, 0.1) is 24.7 Å². The van der Waals surface area contributed by atoms with E-state index in [4.69, 9.17) is 14.7 Å². The van der Waals surface area contributed by atoms with E-state index in [1.54, 1.807) is 25.3 Å². The number of benzene rings is 2. The van der Waals surface area contributed by atoms with Crippen LogP contribution in [0.3, 0.4) is 0 Å². The fraction of sp³-hybridized carbons (Fsp3) is 0.441. The summed E-state index contributed by atoms with van der Waals surface area (Å²) in [6.07, 6.45) is 6.58. The summed E-state index contributed by atoms with van der Waals surface area (Å²) in [6.45, 7) is 8.13. The number of carbonyl (C=O) groups excluding carboxylic acids is 2. The van der Waals surface area contributed by atoms with Crippen LogP contribution in [0.2, 0.25) is 0 Å². The van der Waals surface area contributed by atoms with Crippen molar-refractivity contribution in [1.82, 2.24) is 15.1 Å². The Morgan fingerprint density at radius 3 is 2.56 bits per heavy atom. The lowest BCUT2D eigenvalue weighted by Gasteiger charge is -2.29. The van der Waals surface area contributed by atoms with Gasteiger partial charge in [-0.2, -0.15) is 0 Å². The Bertz CT molecular complexity index is 1380. The average molecular weight is 585 g/mol. The van der Waals surface area contributed by atoms with Crippen molar-refractivity contribution in [2.24, 2.45) is 15.0 Å². The molecule has 0 bridgehead atoms. The zero-order chi connectivity index (χ0) is 30.8. The molecule has 228 valence electrons. The Morgan fingerprint density at radius 2 is 1.88 bits per heavy atom. The standard InChI is InChI=1S/C34H44N6O3/c1-6-28-34(42)40(4)29(23-35-2)32(31(38-28)25-13-8-7-9-14-25)36-19-11-10-12-24-15-16-26(22-30(24)43-5)33(41)37-27-17-20-39(3)21-18-27/h7-9,13-16,22-23,27-28H,2,6,10-12,17-21H2,1,3-5H3,(H,37,41)/b29-23+,36-32?/t28-/m1/s1. The van der Waals surface area contributed by atoms with Gasteiger partial charge in [-0.1, -0.05) is 43.3 Å². The number of nitrogens with one attached hydrogen (secondary N) is 1. The Balaban J connectivity index is 1.45. The molecule has 0 spiro atoms. The molecule has 2 aliphatic rings. The number of aryl methyl sites for hydroxylation is 1. The van der Waals surface area contributed by atoms with Gasteiger partial charge in [0.1, 0.15) is 17.5 Å². The monoisotopic (exact) mass is 584 g/mol. The predicted molar refractivity (Wildman–Crippen MR) is 174 cm³/mol. The van der Waals surface area contributed by atoms with Gasteiger partial charge < -0.3 is 19.9 Å². The number of carbonyl (C=O) groups is 2. The first kappa shape index (κ1) is 31.8. The summed E-state index contributed by atoms with van der Waals surface area (Å²) in [6, 6.07) is 15.3. The van der Waals surface area contributed by atoms with Crippen LogP contribution >= 0.6 is 0 Å². The molecule has 0 unspecified atom stereocenters. The van der Waals surface area contributed by atoms with Gasteiger partial charge in [-0.05, 0) is 83.1 Å². The minimum absolute atomic E-state index is 0.0545. The molecule has 1 atom stereocenters. The second-order valence-electron chi connectivity index (χ2n) is 11.1. The number of likely N-dealkylation sites (N-methyl/N-ethyl adjacent to an activating group) is 1. The quantitative estimate of drug-likeness (QED) is 0.309. The summed E-state index contributed by atoms with van der Waals surface area (Å²) in [5, 5.41) is 3.18. The van der Waals surface area contributed by atoms with Gasteiger partial charge in [0.25, 0.3) is 11.8 Å². The molecule has 0 aliphatic carbocycles. The fourth-order valence-corrected chi connectivity index (χ4v) is 5.49. The Morgan fingerprint density at radius 1 is 1.14 bits per heavy atom. The number of likely N-dealkylation sites (tertiary alicyclic amines) is 1. The maximum Gasteiger partial charge on any atom is 0.251 e. The Labute approximate surface area is 255 Å². The van der Waals surface area contributed by atoms with Crippen LogP contribution in [0.25, 0.3) is 0 Å². The van der Waals surface area contributed by atoms with E-state index in [2.05, 4.69) is 29.0 Å². The van der Waals surface area contributed by atoms with E-state index in [0.29, 0.717) is 35.6 Å². The number of aliphatic imine (C=N–C) groups is 3. The summed E-state index contributed by atoms with van der Waals surface area (Å²) in [7, 11) is 5.49. The van der Waals surface area contributed by atoms with Gasteiger partial charge in [-0.15, -0.1) is 0 Å². The molecule has 2 amide bonds. The number of allylic oxidation sites excluding steroid dienone is 1. The topological polar surface area (TPSA) is 99.0 Å². The van der Waals surface area contributed by atoms with Crippen LogP contribution in [0, 0.1) is 0 Å². The maximum atomic E-state index is 13.2. The smallest absolute Gasteiger partial charge is 0.251 e. The lowest BCUT2D eigenvalue weighted by Crippen LogP contribution is -2.43. The highest BCUT2D eigenvalue weighted by molar-refractivity contribution is 6.54. The molecule has 2 heterocycles. The second-order valence-corrected chi connectivity index (χ2v) is 11.1. The zero-order valence-corrected chi connectivity index (χ0v) is 25.9. The van der Waals surface area contributed by atoms with E-state index >= 15 is 0 Å². The number of methoxy groups -OCH3 is 1. The summed E-state index contributed by atoms with van der Waals surface area (Å²) in [5.74, 6) is 0.574. The number of amides is 2. The summed E-state index contributed by atoms with van der Waals surface area (Å²) < 4.78 is 5.66. The number of hydrogen-bond acceptors (Lipinski definition) is 7. The molecular formula is C34H44N6O3. The van der Waals surface area contributed by atoms with Crippen LogP contribution < -0.4 is 10.1 Å². The van der Waals surface area contributed by atoms with Crippen LogP contribution in [0.5, 0.6) is 5.75 Å². The normalized spacial score (nSPS) is 20.2. The van der Waals surface area contributed by atoms with Gasteiger partial charge in [0.15, 0.2) is 0 Å². The molecule has 9 nitrogen and oxygen atoms in total. The SMILES string of the molecule is C=N/C=C1\C(=NCCCCc2ccc(C(=O)NC3CCN(C)CC3)cc2OC)C(c2ccccc2)=N[C@H](CC)C(=O)N1C. The Kier molecular flexibility index (Phi) is 11.4. The molecule has 9 heteroatoms. The molecule has 43 heavy (non-hydrogen) atoms. The fourth-order valence-electron chi connectivity index (χ4n) is 5.49. The maximum absolute atomic E-state index is 13.2. The highest BCUT2D eigenvalue weighted by Crippen LogP contribution is 2.24. The van der Waals surface area contributed by atoms with Gasteiger partial charge in [0.2, 0.25) is 0 Å². The second kappa shape index (κ2) is 15.4. The summed E-state index contributed by atoms with van der Waals surface area (Å²) >= 11 is 0. The Hall–Kier alpha value is -4.11. The van der Waals surface area contributed by atoms with Gasteiger partial charge in [0, 0.05) is 30.8 Å². The van der Waals surface area contributed by atoms with Crippen LogP contribution in [-0.4, -0.2) is 92.7 Å². The van der Waals surface area contributed by atoms with Crippen LogP contribution in [0.1, 0.15) is 60.5 Å². The van der Waals surface area contributed by atoms with Crippen molar-refractivity contribution in [2.45, 2.75) is 57.5 Å². The van der Waals surface area contributed by atoms with E-state index in [9.17, 15) is 9.59 Å². The summed E-state index contributed by atoms with van der Waals surface area (Å²) in [5.41, 5.74) is 4.50. The molecule has 4 rings (SSSR count). The number of piperidine rings is 1. The van der Waals surface area contributed by atoms with E-state index in [-0.39, 0.29) is 17.9 Å². The molecule has 0 radical (unpaired) electrons. The average Bonchev–Trinajstić information content (AvgIpc) is 3.12. The third-order valence-corrected chi connectivity index (χ3v) is 8.10. The molecule has 1 N–H and O–H groups in total. The van der Waals surface area contributed by atoms with Crippen molar-refractivity contribution < 1.29 is 14.3 Å². The third-order valence-electron chi connectivity index (χ3n) is 8.10. The number of hydrogen-bond donors (Lipinski definition) is 1. The zero-order valence-electron chi connectivity index (χ0n) is 25.9. The number of nitrogens with zero attached hydrogens (tertiary/aromatic N) is 5. The van der Waals surface area contributed by atoms with E-state index in [1.807, 2.05) is 55.5 Å². The minimum Gasteiger partial charge on any atom is -0.496 e. The number of rotatable bonds is 11. The molecule has 2 aliphatic heterocycles. The first-order valence-corrected chi connectivity index (χ1v) is 15.1. The molecule has 2 aromatic rings. The molecule has 1 fully saturated rings. The summed E-state index contributed by atoms with van der Waals surface area (Å²) in [4.78, 5) is 43.8. The van der Waals surface area contributed by atoms with Crippen LogP contribution in [0.15, 0.2) is 75.4 Å². The van der Waals surface area contributed by atoms with Crippen molar-refractivity contribution in [3.63, 3.8) is 0 Å². The molecule has 0 saturated carbocycles. The van der Waals surface area contributed by atoms with Crippen molar-refractivity contribution in [3.8, 4) is 5.75 Å². The van der Waals surface area contributed by atoms with Crippen LogP contribution in [0.4, 0.5) is 0 Å². The highest BCUT2D eigenvalue weighted by atomic mass is 16.5. The number of ether oxygens (including phenoxy) is 1. The van der Waals surface area contributed by atoms with Crippen molar-refractivity contribution in [3.05, 3.63) is 77.1 Å². The minimum atomic E-state index is -0.497. The van der Waals surface area contributed by atoms with E-state index in [0.717, 1.165) is 62.1 Å². The lowest BCUT2D eigenvalue weighted by atomic mass is 10.0. The van der Waals surface area contributed by atoms with Gasteiger partial charge in [-0.3, -0.25) is 24.6 Å². The lowest BCUT2D eigenvalue weighted by molar-refractivity contribution is -0.129. The highest BCUT2D eigenvalue weighted by Gasteiger charge is 2.32. The first-order valence-electron chi connectivity index (χ1n) is 15.1. The number of unbranched alkanes of at least 4 members (excludes halogenated alkanes) is 1. The van der Waals surface area contributed by atoms with Crippen LogP contribution in [-0.2, 0) is 11.2 Å². The molecular weight excluding hydrogens is 540 g/mol. The van der Waals surface area contributed by atoms with E-state index in [1.165, 1.54) is 0 Å². The third kappa shape index (κ3) is 8.04. The van der Waals surface area contributed by atoms with Crippen molar-refractivity contribution in [2.75, 3.05) is 40.8 Å². The largest absolute Gasteiger partial charge is 0.496 e. The predicted octanol–water partition coefficient (Wildman–Crippen LogP) is 4.56. The molecule has 2 aromatic carbocycles. The van der Waals surface area contributed by atoms with Crippen molar-refractivity contribution in [1.29, 1.82) is 0 Å². The first-order chi connectivity index (χ1) is 20.9. The van der Waals surface area contributed by atoms with E-state index < -0.39 is 6.04 Å². The molecule has 0 aromatic heterocycles.